The minimum absolute atomic E-state index is 0.0545. The first-order valence-electron chi connectivity index (χ1n) is 6.74. The maximum atomic E-state index is 12.1. The molecule has 1 aliphatic rings. The van der Waals surface area contributed by atoms with Crippen LogP contribution in [0.25, 0.3) is 0 Å². The molecule has 0 radical (unpaired) electrons. The van der Waals surface area contributed by atoms with E-state index in [9.17, 15) is 9.59 Å². The highest BCUT2D eigenvalue weighted by Gasteiger charge is 2.35. The van der Waals surface area contributed by atoms with Crippen LogP contribution in [0.5, 0.6) is 0 Å². The molecule has 6 heteroatoms. The Labute approximate surface area is 121 Å². The van der Waals surface area contributed by atoms with Gasteiger partial charge >= 0.3 is 0 Å². The summed E-state index contributed by atoms with van der Waals surface area (Å²) in [5.41, 5.74) is 0.726. The number of aromatic nitrogens is 1. The van der Waals surface area contributed by atoms with Gasteiger partial charge in [0.1, 0.15) is 5.76 Å². The predicted octanol–water partition coefficient (Wildman–Crippen LogP) is 1.34. The Morgan fingerprint density at radius 3 is 3.05 bits per heavy atom. The minimum Gasteiger partial charge on any atom is -0.467 e. The van der Waals surface area contributed by atoms with Gasteiger partial charge in [0.2, 0.25) is 11.8 Å². The van der Waals surface area contributed by atoms with E-state index < -0.39 is 0 Å². The van der Waals surface area contributed by atoms with Crippen LogP contribution in [0.4, 0.5) is 5.69 Å². The predicted molar refractivity (Wildman–Crippen MR) is 75.3 cm³/mol. The van der Waals surface area contributed by atoms with Crippen LogP contribution in [0.1, 0.15) is 12.2 Å². The molecule has 1 saturated heterocycles. The lowest BCUT2D eigenvalue weighted by molar-refractivity contribution is -0.126. The zero-order valence-corrected chi connectivity index (χ0v) is 11.4. The number of hydrogen-bond donors (Lipinski definition) is 1. The number of hydrogen-bond acceptors (Lipinski definition) is 4. The third-order valence-corrected chi connectivity index (χ3v) is 3.47. The van der Waals surface area contributed by atoms with Crippen LogP contribution < -0.4 is 10.2 Å². The van der Waals surface area contributed by atoms with Crippen LogP contribution in [-0.2, 0) is 16.1 Å². The van der Waals surface area contributed by atoms with Crippen molar-refractivity contribution in [2.75, 3.05) is 11.4 Å². The molecule has 2 aromatic rings. The molecule has 1 N–H and O–H groups in total. The fourth-order valence-electron chi connectivity index (χ4n) is 2.38. The largest absolute Gasteiger partial charge is 0.467 e. The molecule has 3 rings (SSSR count). The second-order valence-electron chi connectivity index (χ2n) is 4.91. The zero-order chi connectivity index (χ0) is 14.7. The third-order valence-electron chi connectivity index (χ3n) is 3.47. The number of nitrogens with zero attached hydrogens (tertiary/aromatic N) is 2. The van der Waals surface area contributed by atoms with E-state index in [0.29, 0.717) is 18.8 Å². The summed E-state index contributed by atoms with van der Waals surface area (Å²) < 4.78 is 5.16. The van der Waals surface area contributed by atoms with E-state index in [4.69, 9.17) is 4.42 Å². The Bertz CT molecular complexity index is 625. The zero-order valence-electron chi connectivity index (χ0n) is 11.4. The molecule has 1 fully saturated rings. The first-order chi connectivity index (χ1) is 10.2. The normalized spacial score (nSPS) is 18.0. The summed E-state index contributed by atoms with van der Waals surface area (Å²) in [6, 6.07) is 7.15. The number of amides is 2. The maximum Gasteiger partial charge on any atom is 0.227 e. The van der Waals surface area contributed by atoms with Gasteiger partial charge in [0.05, 0.1) is 30.6 Å². The molecule has 2 amide bonds. The number of carbonyl (C=O) groups is 2. The van der Waals surface area contributed by atoms with Gasteiger partial charge in [-0.25, -0.2) is 0 Å². The lowest BCUT2D eigenvalue weighted by atomic mass is 10.1. The van der Waals surface area contributed by atoms with Crippen molar-refractivity contribution in [3.8, 4) is 0 Å². The quantitative estimate of drug-likeness (QED) is 0.920. The van der Waals surface area contributed by atoms with Crippen molar-refractivity contribution < 1.29 is 14.0 Å². The fraction of sp³-hybridized carbons (Fsp3) is 0.267. The number of carbonyl (C=O) groups excluding carboxylic acids is 2. The smallest absolute Gasteiger partial charge is 0.227 e. The Kier molecular flexibility index (Phi) is 3.68. The van der Waals surface area contributed by atoms with Gasteiger partial charge in [-0.2, -0.15) is 0 Å². The lowest BCUT2D eigenvalue weighted by Gasteiger charge is -2.15. The molecular formula is C15H15N3O3. The molecule has 0 aromatic carbocycles. The van der Waals surface area contributed by atoms with Crippen molar-refractivity contribution in [3.05, 3.63) is 48.7 Å². The molecule has 0 spiro atoms. The van der Waals surface area contributed by atoms with Crippen molar-refractivity contribution >= 4 is 17.5 Å². The van der Waals surface area contributed by atoms with E-state index >= 15 is 0 Å². The Morgan fingerprint density at radius 2 is 2.33 bits per heavy atom. The van der Waals surface area contributed by atoms with Gasteiger partial charge in [0.15, 0.2) is 0 Å². The second kappa shape index (κ2) is 5.78. The summed E-state index contributed by atoms with van der Waals surface area (Å²) in [5.74, 6) is 0.164. The summed E-state index contributed by atoms with van der Waals surface area (Å²) in [5, 5.41) is 2.79. The number of rotatable bonds is 4. The van der Waals surface area contributed by atoms with Crippen molar-refractivity contribution in [1.82, 2.24) is 10.3 Å². The Morgan fingerprint density at radius 1 is 1.43 bits per heavy atom. The van der Waals surface area contributed by atoms with Gasteiger partial charge in [-0.15, -0.1) is 0 Å². The summed E-state index contributed by atoms with van der Waals surface area (Å²) in [6.07, 6.45) is 5.06. The van der Waals surface area contributed by atoms with Crippen LogP contribution in [0, 0.1) is 5.92 Å². The first-order valence-corrected chi connectivity index (χ1v) is 6.74. The van der Waals surface area contributed by atoms with E-state index in [2.05, 4.69) is 10.3 Å². The van der Waals surface area contributed by atoms with E-state index in [1.807, 2.05) is 6.07 Å². The topological polar surface area (TPSA) is 75.4 Å². The van der Waals surface area contributed by atoms with E-state index in [1.54, 1.807) is 41.8 Å². The Balaban J connectivity index is 1.60. The molecule has 1 atom stereocenters. The van der Waals surface area contributed by atoms with Gasteiger partial charge in [-0.3, -0.25) is 14.6 Å². The standard InChI is InChI=1S/C15H15N3O3/c19-14-7-11(10-18(14)12-3-1-5-16-8-12)15(20)17-9-13-4-2-6-21-13/h1-6,8,11H,7,9-10H2,(H,17,20). The van der Waals surface area contributed by atoms with E-state index in [-0.39, 0.29) is 24.2 Å². The number of nitrogens with one attached hydrogen (secondary N) is 1. The summed E-state index contributed by atoms with van der Waals surface area (Å²) >= 11 is 0. The maximum absolute atomic E-state index is 12.1. The van der Waals surface area contributed by atoms with Crippen molar-refractivity contribution in [3.63, 3.8) is 0 Å². The molecule has 2 aromatic heterocycles. The molecule has 108 valence electrons. The molecular weight excluding hydrogens is 270 g/mol. The molecule has 1 aliphatic heterocycles. The minimum atomic E-state index is -0.340. The summed E-state index contributed by atoms with van der Waals surface area (Å²) in [7, 11) is 0. The van der Waals surface area contributed by atoms with Gasteiger partial charge < -0.3 is 14.6 Å². The van der Waals surface area contributed by atoms with Crippen LogP contribution in [-0.4, -0.2) is 23.3 Å². The number of pyridine rings is 1. The van der Waals surface area contributed by atoms with Crippen molar-refractivity contribution in [2.45, 2.75) is 13.0 Å². The van der Waals surface area contributed by atoms with Crippen LogP contribution in [0.2, 0.25) is 0 Å². The van der Waals surface area contributed by atoms with Crippen molar-refractivity contribution in [1.29, 1.82) is 0 Å². The molecule has 0 bridgehead atoms. The first kappa shape index (κ1) is 13.4. The highest BCUT2D eigenvalue weighted by molar-refractivity contribution is 6.00. The van der Waals surface area contributed by atoms with Gasteiger partial charge in [-0.05, 0) is 24.3 Å². The lowest BCUT2D eigenvalue weighted by Crippen LogP contribution is -2.32. The molecule has 3 heterocycles. The molecule has 21 heavy (non-hydrogen) atoms. The molecule has 1 unspecified atom stereocenters. The highest BCUT2D eigenvalue weighted by Crippen LogP contribution is 2.24. The number of anilines is 1. The molecule has 6 nitrogen and oxygen atoms in total. The number of furan rings is 1. The van der Waals surface area contributed by atoms with Gasteiger partial charge in [-0.1, -0.05) is 0 Å². The van der Waals surface area contributed by atoms with Crippen LogP contribution in [0.3, 0.4) is 0 Å². The average molecular weight is 285 g/mol. The van der Waals surface area contributed by atoms with E-state index in [0.717, 1.165) is 5.69 Å². The van der Waals surface area contributed by atoms with Gasteiger partial charge in [0, 0.05) is 19.2 Å². The third kappa shape index (κ3) is 2.94. The summed E-state index contributed by atoms with van der Waals surface area (Å²) in [4.78, 5) is 29.7. The second-order valence-corrected chi connectivity index (χ2v) is 4.91. The average Bonchev–Trinajstić information content (AvgIpc) is 3.15. The SMILES string of the molecule is O=C(NCc1ccco1)C1CC(=O)N(c2cccnc2)C1. The van der Waals surface area contributed by atoms with E-state index in [1.165, 1.54) is 0 Å². The monoisotopic (exact) mass is 285 g/mol. The molecule has 0 saturated carbocycles. The highest BCUT2D eigenvalue weighted by atomic mass is 16.3. The summed E-state index contributed by atoms with van der Waals surface area (Å²) in [6.45, 7) is 0.720. The molecule has 0 aliphatic carbocycles. The van der Waals surface area contributed by atoms with Crippen molar-refractivity contribution in [2.24, 2.45) is 5.92 Å². The Hall–Kier alpha value is -2.63. The van der Waals surface area contributed by atoms with Crippen LogP contribution in [0.15, 0.2) is 47.3 Å². The fourth-order valence-corrected chi connectivity index (χ4v) is 2.38. The van der Waals surface area contributed by atoms with Crippen LogP contribution >= 0.6 is 0 Å². The van der Waals surface area contributed by atoms with Gasteiger partial charge in [0.25, 0.3) is 0 Å².